The van der Waals surface area contributed by atoms with Crippen LogP contribution in [0.1, 0.15) is 0 Å². The fourth-order valence-electron chi connectivity index (χ4n) is 0. The molecular formula is C2H2KN. The van der Waals surface area contributed by atoms with Crippen LogP contribution in [-0.4, -0.2) is 49.0 Å². The molecular weight excluding hydrogens is 77.1 g/mol. The summed E-state index contributed by atoms with van der Waals surface area (Å²) in [6, 6.07) is 2.01. The van der Waals surface area contributed by atoms with E-state index in [9.17, 15) is 0 Å². The molecule has 0 aromatic carbocycles. The van der Waals surface area contributed by atoms with Gasteiger partial charge in [0.1, 0.15) is 0 Å². The molecule has 0 aliphatic rings. The Morgan fingerprint density at radius 3 is 2.25 bits per heavy atom. The van der Waals surface area contributed by atoms with Crippen LogP contribution < -0.4 is 0 Å². The first-order valence-electron chi connectivity index (χ1n) is 1.28. The Morgan fingerprint density at radius 2 is 2.25 bits per heavy atom. The minimum absolute atomic E-state index is 0.752. The summed E-state index contributed by atoms with van der Waals surface area (Å²) < 4.78 is 0.812. The molecule has 0 saturated heterocycles. The molecule has 0 unspecified atom stereocenters. The van der Waals surface area contributed by atoms with Crippen LogP contribution in [0.4, 0.5) is 0 Å². The summed E-state index contributed by atoms with van der Waals surface area (Å²) in [4.78, 5) is 0. The predicted octanol–water partition coefficient (Wildman–Crippen LogP) is 0.0968. The Kier molecular flexibility index (Phi) is 5.29. The number of nitrogens with zero attached hydrogens (tertiary/aromatic N) is 1. The summed E-state index contributed by atoms with van der Waals surface area (Å²) in [7, 11) is 0. The van der Waals surface area contributed by atoms with Crippen LogP contribution in [0, 0.1) is 11.3 Å². The summed E-state index contributed by atoms with van der Waals surface area (Å²) >= 11 is 0.752. The third-order valence-corrected chi connectivity index (χ3v) is 0.652. The van der Waals surface area contributed by atoms with Crippen LogP contribution in [0.5, 0.6) is 0 Å². The monoisotopic (exact) mass is 79.0 g/mol. The summed E-state index contributed by atoms with van der Waals surface area (Å²) in [6.45, 7) is 0. The molecule has 0 N–H and O–H groups in total. The van der Waals surface area contributed by atoms with Gasteiger partial charge in [-0.1, -0.05) is 0 Å². The second-order valence-electron chi connectivity index (χ2n) is 0.512. The van der Waals surface area contributed by atoms with E-state index in [0.717, 1.165) is 49.5 Å². The fraction of sp³-hybridized carbons (Fsp3) is 0.500. The zero-order valence-electron chi connectivity index (χ0n) is 2.65. The quantitative estimate of drug-likeness (QED) is 0.378. The average molecular weight is 79.1 g/mol. The normalized spacial score (nSPS) is 5.25. The third kappa shape index (κ3) is 3.13. The summed E-state index contributed by atoms with van der Waals surface area (Å²) in [5.74, 6) is 0. The maximum absolute atomic E-state index is 7.67. The molecule has 0 aromatic heterocycles. The molecule has 0 rings (SSSR count). The van der Waals surface area contributed by atoms with Crippen molar-refractivity contribution in [3.63, 3.8) is 0 Å². The van der Waals surface area contributed by atoms with Crippen molar-refractivity contribution in [2.45, 2.75) is 0.515 Å². The van der Waals surface area contributed by atoms with Gasteiger partial charge in [0.25, 0.3) is 0 Å². The van der Waals surface area contributed by atoms with Gasteiger partial charge in [-0.3, -0.25) is 0 Å². The van der Waals surface area contributed by atoms with E-state index in [4.69, 9.17) is 5.26 Å². The number of nitriles is 1. The van der Waals surface area contributed by atoms with Gasteiger partial charge in [-0.15, -0.1) is 0 Å². The Labute approximate surface area is 59.6 Å². The summed E-state index contributed by atoms with van der Waals surface area (Å²) in [6.07, 6.45) is 0. The van der Waals surface area contributed by atoms with E-state index in [1.807, 2.05) is 6.07 Å². The Morgan fingerprint density at radius 1 is 2.00 bits per heavy atom. The van der Waals surface area contributed by atoms with Crippen molar-refractivity contribution in [1.82, 2.24) is 0 Å². The summed E-state index contributed by atoms with van der Waals surface area (Å²) in [5.41, 5.74) is 0. The van der Waals surface area contributed by atoms with Crippen molar-refractivity contribution < 1.29 is 0 Å². The molecule has 4 heavy (non-hydrogen) atoms. The average Bonchev–Trinajstić information content (AvgIpc) is 1.37. The topological polar surface area (TPSA) is 23.8 Å². The Hall–Kier alpha value is 1.13. The van der Waals surface area contributed by atoms with Gasteiger partial charge >= 0.3 is 60.8 Å². The minimum atomic E-state index is 0.752. The van der Waals surface area contributed by atoms with Gasteiger partial charge < -0.3 is 0 Å². The van der Waals surface area contributed by atoms with E-state index >= 15 is 0 Å². The molecule has 0 bridgehead atoms. The zero-order chi connectivity index (χ0) is 3.41. The first-order valence-corrected chi connectivity index (χ1v) is 3.49. The number of hydrogen-bond acceptors (Lipinski definition) is 1. The van der Waals surface area contributed by atoms with Crippen LogP contribution in [0.2, 0.25) is 0.515 Å². The number of rotatable bonds is 0. The molecule has 0 radical (unpaired) electrons. The molecule has 0 aliphatic carbocycles. The van der Waals surface area contributed by atoms with Crippen LogP contribution >= 0.6 is 0 Å². The van der Waals surface area contributed by atoms with Crippen molar-refractivity contribution in [3.05, 3.63) is 0 Å². The Balaban J connectivity index is 2.43. The molecule has 0 spiro atoms. The Bertz CT molecular complexity index is 35.8. The standard InChI is InChI=1S/C2H2N.K/c1-2-3;/h1H2;. The molecule has 2 heteroatoms. The van der Waals surface area contributed by atoms with Crippen LogP contribution in [0.25, 0.3) is 0 Å². The SMILES string of the molecule is N#C[CH2][K]. The van der Waals surface area contributed by atoms with Crippen molar-refractivity contribution in [2.24, 2.45) is 0 Å². The molecule has 0 saturated carbocycles. The molecule has 0 amide bonds. The van der Waals surface area contributed by atoms with Crippen molar-refractivity contribution >= 4 is 49.0 Å². The predicted molar refractivity (Wildman–Crippen MR) is 16.2 cm³/mol. The first-order chi connectivity index (χ1) is 1.91. The van der Waals surface area contributed by atoms with Gasteiger partial charge in [0.05, 0.1) is 0 Å². The molecule has 0 heterocycles. The van der Waals surface area contributed by atoms with E-state index < -0.39 is 0 Å². The molecule has 0 aliphatic heterocycles. The van der Waals surface area contributed by atoms with Gasteiger partial charge in [-0.05, 0) is 0 Å². The molecule has 0 aromatic rings. The van der Waals surface area contributed by atoms with E-state index in [1.165, 1.54) is 0 Å². The van der Waals surface area contributed by atoms with Crippen molar-refractivity contribution in [2.75, 3.05) is 0 Å². The van der Waals surface area contributed by atoms with Crippen LogP contribution in [-0.2, 0) is 0 Å². The van der Waals surface area contributed by atoms with E-state index in [1.54, 1.807) is 0 Å². The second-order valence-corrected chi connectivity index (χ2v) is 1.62. The van der Waals surface area contributed by atoms with Gasteiger partial charge in [-0.2, -0.15) is 0 Å². The van der Waals surface area contributed by atoms with Crippen molar-refractivity contribution in [3.8, 4) is 6.07 Å². The van der Waals surface area contributed by atoms with Crippen LogP contribution in [0.15, 0.2) is 0 Å². The molecule has 0 fully saturated rings. The third-order valence-electron chi connectivity index (χ3n) is 0.158. The van der Waals surface area contributed by atoms with E-state index in [-0.39, 0.29) is 0 Å². The first kappa shape index (κ1) is 5.13. The maximum atomic E-state index is 7.67. The van der Waals surface area contributed by atoms with E-state index in [2.05, 4.69) is 0 Å². The zero-order valence-corrected chi connectivity index (χ0v) is 5.78. The van der Waals surface area contributed by atoms with Gasteiger partial charge in [0.15, 0.2) is 0 Å². The molecule has 0 atom stereocenters. The van der Waals surface area contributed by atoms with Gasteiger partial charge in [0.2, 0.25) is 0 Å². The second kappa shape index (κ2) is 4.13. The molecule has 1 nitrogen and oxygen atoms in total. The van der Waals surface area contributed by atoms with Gasteiger partial charge in [-0.25, -0.2) is 0 Å². The molecule has 16 valence electrons. The number of hydrogen-bond donors (Lipinski definition) is 0. The fourth-order valence-corrected chi connectivity index (χ4v) is 0. The summed E-state index contributed by atoms with van der Waals surface area (Å²) in [5, 5.41) is 7.67. The van der Waals surface area contributed by atoms with Crippen LogP contribution in [0.3, 0.4) is 0 Å². The van der Waals surface area contributed by atoms with Crippen molar-refractivity contribution in [1.29, 1.82) is 5.26 Å². The van der Waals surface area contributed by atoms with Gasteiger partial charge in [0, 0.05) is 0 Å². The van der Waals surface area contributed by atoms with E-state index in [0.29, 0.717) is 0 Å².